The number of hydrogen-bond donors (Lipinski definition) is 4. The van der Waals surface area contributed by atoms with Crippen LogP contribution in [0.1, 0.15) is 32.1 Å². The summed E-state index contributed by atoms with van der Waals surface area (Å²) in [6.07, 6.45) is 1.30. The van der Waals surface area contributed by atoms with E-state index >= 15 is 0 Å². The molecule has 19 heavy (non-hydrogen) atoms. The van der Waals surface area contributed by atoms with E-state index in [1.807, 2.05) is 0 Å². The lowest BCUT2D eigenvalue weighted by Gasteiger charge is -2.22. The molecule has 0 aromatic rings. The Morgan fingerprint density at radius 3 is 2.68 bits per heavy atom. The minimum Gasteiger partial charge on any atom is -0.481 e. The first-order valence-electron chi connectivity index (χ1n) is 6.09. The lowest BCUT2D eigenvalue weighted by molar-refractivity contribution is -0.137. The summed E-state index contributed by atoms with van der Waals surface area (Å²) >= 11 is 0. The molecule has 8 heteroatoms. The van der Waals surface area contributed by atoms with Gasteiger partial charge in [0.2, 0.25) is 11.8 Å². The van der Waals surface area contributed by atoms with Gasteiger partial charge in [0.15, 0.2) is 0 Å². The van der Waals surface area contributed by atoms with Crippen molar-refractivity contribution >= 4 is 23.8 Å². The van der Waals surface area contributed by atoms with Crippen molar-refractivity contribution in [2.45, 2.75) is 38.1 Å². The number of aliphatic carboxylic acids is 1. The van der Waals surface area contributed by atoms with Crippen LogP contribution in [-0.4, -0.2) is 41.5 Å². The fourth-order valence-electron chi connectivity index (χ4n) is 1.69. The zero-order valence-electron chi connectivity index (χ0n) is 10.4. The normalized spacial score (nSPS) is 18.3. The van der Waals surface area contributed by atoms with Gasteiger partial charge in [-0.1, -0.05) is 0 Å². The molecule has 1 heterocycles. The van der Waals surface area contributed by atoms with Crippen LogP contribution in [0.5, 0.6) is 0 Å². The van der Waals surface area contributed by atoms with E-state index in [1.165, 1.54) is 0 Å². The number of hydrogen-bond acceptors (Lipinski definition) is 4. The Labute approximate surface area is 109 Å². The van der Waals surface area contributed by atoms with Crippen LogP contribution in [0.25, 0.3) is 0 Å². The average Bonchev–Trinajstić information content (AvgIpc) is 2.31. The molecule has 0 saturated carbocycles. The van der Waals surface area contributed by atoms with Gasteiger partial charge in [-0.2, -0.15) is 0 Å². The second-order valence-corrected chi connectivity index (χ2v) is 4.25. The highest BCUT2D eigenvalue weighted by molar-refractivity contribution is 5.96. The molecule has 4 amide bonds. The number of urea groups is 1. The van der Waals surface area contributed by atoms with E-state index in [-0.39, 0.29) is 25.2 Å². The highest BCUT2D eigenvalue weighted by Crippen LogP contribution is 2.02. The maximum Gasteiger partial charge on any atom is 0.322 e. The van der Waals surface area contributed by atoms with E-state index in [0.717, 1.165) is 6.42 Å². The molecular weight excluding hydrogens is 254 g/mol. The maximum atomic E-state index is 11.4. The molecule has 1 rings (SSSR count). The Kier molecular flexibility index (Phi) is 5.77. The van der Waals surface area contributed by atoms with Crippen LogP contribution < -0.4 is 16.0 Å². The molecule has 1 aliphatic rings. The molecule has 1 atom stereocenters. The zero-order valence-corrected chi connectivity index (χ0v) is 10.4. The first-order chi connectivity index (χ1) is 8.99. The summed E-state index contributed by atoms with van der Waals surface area (Å²) in [6, 6.07) is -1.36. The van der Waals surface area contributed by atoms with E-state index < -0.39 is 23.9 Å². The van der Waals surface area contributed by atoms with Crippen molar-refractivity contribution in [3.8, 4) is 0 Å². The number of amides is 4. The van der Waals surface area contributed by atoms with Crippen LogP contribution in [0.15, 0.2) is 0 Å². The van der Waals surface area contributed by atoms with Crippen molar-refractivity contribution in [2.24, 2.45) is 0 Å². The zero-order chi connectivity index (χ0) is 14.3. The fourth-order valence-corrected chi connectivity index (χ4v) is 1.69. The second-order valence-electron chi connectivity index (χ2n) is 4.25. The largest absolute Gasteiger partial charge is 0.481 e. The van der Waals surface area contributed by atoms with E-state index in [2.05, 4.69) is 16.0 Å². The Morgan fingerprint density at radius 2 is 2.05 bits per heavy atom. The Bertz CT molecular complexity index is 383. The molecule has 0 aromatic carbocycles. The topological polar surface area (TPSA) is 125 Å². The third-order valence-corrected chi connectivity index (χ3v) is 2.64. The molecule has 0 spiro atoms. The smallest absolute Gasteiger partial charge is 0.322 e. The van der Waals surface area contributed by atoms with Gasteiger partial charge in [0, 0.05) is 19.4 Å². The quantitative estimate of drug-likeness (QED) is 0.528. The summed E-state index contributed by atoms with van der Waals surface area (Å²) in [5.41, 5.74) is 0. The van der Waals surface area contributed by atoms with Crippen LogP contribution in [0.3, 0.4) is 0 Å². The van der Waals surface area contributed by atoms with Crippen molar-refractivity contribution in [3.05, 3.63) is 0 Å². The van der Waals surface area contributed by atoms with Crippen LogP contribution >= 0.6 is 0 Å². The van der Waals surface area contributed by atoms with Crippen LogP contribution in [0, 0.1) is 0 Å². The predicted molar refractivity (Wildman–Crippen MR) is 64.2 cm³/mol. The molecule has 0 aromatic heterocycles. The molecule has 1 saturated heterocycles. The minimum atomic E-state index is -0.990. The highest BCUT2D eigenvalue weighted by atomic mass is 16.4. The number of carboxylic acids is 1. The van der Waals surface area contributed by atoms with Crippen molar-refractivity contribution in [1.82, 2.24) is 16.0 Å². The summed E-state index contributed by atoms with van der Waals surface area (Å²) in [5.74, 6) is -1.81. The van der Waals surface area contributed by atoms with E-state index in [4.69, 9.17) is 5.11 Å². The second kappa shape index (κ2) is 7.34. The lowest BCUT2D eigenvalue weighted by atomic mass is 10.1. The fraction of sp³-hybridized carbons (Fsp3) is 0.636. The van der Waals surface area contributed by atoms with Crippen LogP contribution in [-0.2, 0) is 14.4 Å². The van der Waals surface area contributed by atoms with Crippen molar-refractivity contribution in [1.29, 1.82) is 0 Å². The van der Waals surface area contributed by atoms with Crippen molar-refractivity contribution in [3.63, 3.8) is 0 Å². The predicted octanol–water partition coefficient (Wildman–Crippen LogP) is -0.654. The monoisotopic (exact) mass is 271 g/mol. The maximum absolute atomic E-state index is 11.4. The number of carbonyl (C=O) groups excluding carboxylic acids is 3. The van der Waals surface area contributed by atoms with E-state index in [1.54, 1.807) is 0 Å². The van der Waals surface area contributed by atoms with E-state index in [0.29, 0.717) is 13.0 Å². The molecule has 0 bridgehead atoms. The van der Waals surface area contributed by atoms with Gasteiger partial charge >= 0.3 is 12.0 Å². The van der Waals surface area contributed by atoms with Crippen LogP contribution in [0.4, 0.5) is 4.79 Å². The van der Waals surface area contributed by atoms with Crippen molar-refractivity contribution in [2.75, 3.05) is 6.54 Å². The van der Waals surface area contributed by atoms with Crippen molar-refractivity contribution < 1.29 is 24.3 Å². The Hall–Kier alpha value is -2.12. The number of imide groups is 1. The number of carboxylic acid groups (broad SMARTS) is 1. The molecule has 0 radical (unpaired) electrons. The number of carbonyl (C=O) groups is 4. The van der Waals surface area contributed by atoms with Gasteiger partial charge in [0.1, 0.15) is 6.04 Å². The average molecular weight is 271 g/mol. The summed E-state index contributed by atoms with van der Waals surface area (Å²) in [7, 11) is 0. The number of rotatable bonds is 5. The molecular formula is C11H17N3O5. The number of piperidine rings is 1. The van der Waals surface area contributed by atoms with Gasteiger partial charge in [-0.05, 0) is 19.3 Å². The first-order valence-corrected chi connectivity index (χ1v) is 6.09. The molecule has 1 aliphatic heterocycles. The van der Waals surface area contributed by atoms with Gasteiger partial charge in [-0.3, -0.25) is 19.7 Å². The van der Waals surface area contributed by atoms with Gasteiger partial charge < -0.3 is 15.7 Å². The summed E-state index contributed by atoms with van der Waals surface area (Å²) < 4.78 is 0. The van der Waals surface area contributed by atoms with Crippen LogP contribution in [0.2, 0.25) is 0 Å². The minimum absolute atomic E-state index is 0.0451. The Morgan fingerprint density at radius 1 is 1.32 bits per heavy atom. The summed E-state index contributed by atoms with van der Waals surface area (Å²) in [6.45, 7) is 0.590. The third kappa shape index (κ3) is 5.84. The van der Waals surface area contributed by atoms with Gasteiger partial charge in [-0.15, -0.1) is 0 Å². The lowest BCUT2D eigenvalue weighted by Crippen LogP contribution is -2.53. The standard InChI is InChI=1S/C11H17N3O5/c15-8(4-1-5-9(16)17)14-11(19)13-7-3-2-6-12-10(7)18/h7H,1-6H2,(H,12,18)(H,16,17)(H2,13,14,15,19). The molecule has 0 aliphatic carbocycles. The van der Waals surface area contributed by atoms with E-state index in [9.17, 15) is 19.2 Å². The molecule has 1 fully saturated rings. The summed E-state index contributed by atoms with van der Waals surface area (Å²) in [5, 5.41) is 15.5. The molecule has 4 N–H and O–H groups in total. The molecule has 1 unspecified atom stereocenters. The number of nitrogens with one attached hydrogen (secondary N) is 3. The third-order valence-electron chi connectivity index (χ3n) is 2.64. The molecule has 8 nitrogen and oxygen atoms in total. The van der Waals surface area contributed by atoms with Gasteiger partial charge in [0.05, 0.1) is 0 Å². The Balaban J connectivity index is 2.24. The summed E-state index contributed by atoms with van der Waals surface area (Å²) in [4.78, 5) is 44.3. The molecule has 106 valence electrons. The van der Waals surface area contributed by atoms with Gasteiger partial charge in [0.25, 0.3) is 0 Å². The highest BCUT2D eigenvalue weighted by Gasteiger charge is 2.23. The first kappa shape index (κ1) is 14.9. The SMILES string of the molecule is O=C(O)CCCC(=O)NC(=O)NC1CCCNC1=O. The van der Waals surface area contributed by atoms with Gasteiger partial charge in [-0.25, -0.2) is 4.79 Å².